The van der Waals surface area contributed by atoms with Crippen LogP contribution in [0.3, 0.4) is 0 Å². The fourth-order valence-electron chi connectivity index (χ4n) is 13.1. The molecule has 0 spiro atoms. The van der Waals surface area contributed by atoms with Gasteiger partial charge in [0.15, 0.2) is 0 Å². The van der Waals surface area contributed by atoms with Gasteiger partial charge >= 0.3 is 7.69 Å². The molecule has 18 rings (SSSR count). The monoisotopic (exact) mass is 1220 g/mol. The highest BCUT2D eigenvalue weighted by atomic mass is 79.9. The number of aromatic nitrogens is 2. The summed E-state index contributed by atoms with van der Waals surface area (Å²) < 4.78 is 18.9. The van der Waals surface area contributed by atoms with Crippen LogP contribution in [-0.2, 0) is 0 Å². The molecule has 1 N–H and O–H groups in total. The van der Waals surface area contributed by atoms with E-state index >= 15 is 0 Å². The molecule has 4 heterocycles. The molecule has 0 saturated carbocycles. The van der Waals surface area contributed by atoms with Gasteiger partial charge in [-0.1, -0.05) is 253 Å². The van der Waals surface area contributed by atoms with Crippen molar-refractivity contribution in [3.8, 4) is 61.4 Å². The van der Waals surface area contributed by atoms with E-state index in [4.69, 9.17) is 18.5 Å². The molecule has 0 aliphatic rings. The average molecular weight is 1220 g/mol. The van der Waals surface area contributed by atoms with Crippen LogP contribution in [0.5, 0.6) is 5.75 Å². The summed E-state index contributed by atoms with van der Waals surface area (Å²) in [4.78, 5) is 9.23. The fourth-order valence-corrected chi connectivity index (χ4v) is 13.5. The molecule has 0 amide bonds. The van der Waals surface area contributed by atoms with Gasteiger partial charge in [0, 0.05) is 60.0 Å². The third kappa shape index (κ3) is 9.67. The lowest BCUT2D eigenvalue weighted by Crippen LogP contribution is -2.01. The van der Waals surface area contributed by atoms with Crippen molar-refractivity contribution in [2.75, 3.05) is 0 Å². The lowest BCUT2D eigenvalue weighted by Gasteiger charge is -2.18. The second kappa shape index (κ2) is 23.2. The van der Waals surface area contributed by atoms with Gasteiger partial charge in [0.1, 0.15) is 28.1 Å². The van der Waals surface area contributed by atoms with Crippen molar-refractivity contribution in [3.63, 3.8) is 0 Å². The molecule has 0 atom stereocenters. The molecule has 0 unspecified atom stereocenters. The van der Waals surface area contributed by atoms with E-state index in [0.717, 1.165) is 105 Å². The van der Waals surface area contributed by atoms with Gasteiger partial charge in [0.05, 0.1) is 11.0 Å². The van der Waals surface area contributed by atoms with E-state index in [0.29, 0.717) is 5.75 Å². The van der Waals surface area contributed by atoms with Gasteiger partial charge in [0.2, 0.25) is 0 Å². The van der Waals surface area contributed by atoms with Crippen LogP contribution in [0, 0.1) is 0 Å². The van der Waals surface area contributed by atoms with Crippen LogP contribution in [0.4, 0.5) is 0 Å². The number of hydrogen-bond acceptors (Lipinski definition) is 6. The molecule has 0 fully saturated rings. The summed E-state index contributed by atoms with van der Waals surface area (Å²) in [6.07, 6.45) is 3.83. The summed E-state index contributed by atoms with van der Waals surface area (Å²) in [6, 6.07) is 101. The Bertz CT molecular complexity index is 5640. The topological polar surface area (TPSA) is 81.5 Å². The largest absolute Gasteiger partial charge is 0.569 e. The third-order valence-corrected chi connectivity index (χ3v) is 17.7. The quantitative estimate of drug-likeness (QED) is 0.126. The number of fused-ring (bicyclic) bond motifs is 14. The van der Waals surface area contributed by atoms with Crippen LogP contribution in [0.1, 0.15) is 0 Å². The number of furan rings is 2. The molecule has 8 heteroatoms. The number of nitrogens with zero attached hydrogens (tertiary/aromatic N) is 2. The number of hydrogen-bond donors (Lipinski definition) is 1. The number of benzene rings is 14. The molecule has 6 nitrogen and oxygen atoms in total. The normalized spacial score (nSPS) is 11.4. The van der Waals surface area contributed by atoms with Gasteiger partial charge in [-0.15, -0.1) is 0 Å². The molecule has 90 heavy (non-hydrogen) atoms. The molecular formula is C82H51BBrN2O4. The minimum atomic E-state index is 0.670. The van der Waals surface area contributed by atoms with Crippen molar-refractivity contribution in [1.82, 2.24) is 9.97 Å². The third-order valence-electron chi connectivity index (χ3n) is 17.2. The first-order valence-corrected chi connectivity index (χ1v) is 30.7. The van der Waals surface area contributed by atoms with Crippen molar-refractivity contribution in [1.29, 1.82) is 0 Å². The zero-order valence-corrected chi connectivity index (χ0v) is 50.0. The highest BCUT2D eigenvalue weighted by molar-refractivity contribution is 9.10. The molecule has 423 valence electrons. The maximum Gasteiger partial charge on any atom is 0.569 e. The molecular weight excluding hydrogens is 1170 g/mol. The zero-order valence-electron chi connectivity index (χ0n) is 48.4. The van der Waals surface area contributed by atoms with Crippen LogP contribution in [-0.4, -0.2) is 22.7 Å². The van der Waals surface area contributed by atoms with E-state index < -0.39 is 0 Å². The van der Waals surface area contributed by atoms with Crippen LogP contribution >= 0.6 is 15.9 Å². The van der Waals surface area contributed by atoms with E-state index in [-0.39, 0.29) is 0 Å². The number of para-hydroxylation sites is 2. The van der Waals surface area contributed by atoms with Gasteiger partial charge in [-0.3, -0.25) is 9.97 Å². The zero-order chi connectivity index (χ0) is 60.1. The van der Waals surface area contributed by atoms with Crippen molar-refractivity contribution >= 4 is 132 Å². The predicted molar refractivity (Wildman–Crippen MR) is 378 cm³/mol. The Balaban J connectivity index is 0.000000118. The Labute approximate surface area is 527 Å². The lowest BCUT2D eigenvalue weighted by molar-refractivity contribution is 0.459. The second-order valence-corrected chi connectivity index (χ2v) is 23.3. The van der Waals surface area contributed by atoms with Gasteiger partial charge < -0.3 is 18.5 Å². The van der Waals surface area contributed by atoms with Crippen molar-refractivity contribution in [2.24, 2.45) is 0 Å². The molecule has 4 aromatic heterocycles. The predicted octanol–water partition coefficient (Wildman–Crippen LogP) is 22.6. The molecule has 14 aromatic carbocycles. The SMILES string of the molecule is Brc1ccc2oc3c4ccccc4ncc3c2c1.O[B]Oc1c2ccccc2c(-c2ccc(-c3ccccc3)cc2)c2ccccc12.c1ccc(-c2ccc(-c3c4ccccc4c(-c4ccc5oc6c7ccccc7ncc6c5c4)c4ccccc34)cc2)cc1. The Morgan fingerprint density at radius 2 is 0.611 bits per heavy atom. The second-order valence-electron chi connectivity index (χ2n) is 22.3. The van der Waals surface area contributed by atoms with E-state index in [1.54, 1.807) is 0 Å². The highest BCUT2D eigenvalue weighted by Gasteiger charge is 2.20. The number of rotatable bonds is 7. The number of halogens is 1. The molecule has 1 radical (unpaired) electrons. The van der Waals surface area contributed by atoms with Gasteiger partial charge in [-0.2, -0.15) is 0 Å². The van der Waals surface area contributed by atoms with E-state index in [1.165, 1.54) is 71.6 Å². The summed E-state index contributed by atoms with van der Waals surface area (Å²) >= 11 is 3.49. The Morgan fingerprint density at radius 1 is 0.289 bits per heavy atom. The minimum absolute atomic E-state index is 0.670. The van der Waals surface area contributed by atoms with Gasteiger partial charge in [0.25, 0.3) is 0 Å². The van der Waals surface area contributed by atoms with E-state index in [9.17, 15) is 5.02 Å². The Morgan fingerprint density at radius 3 is 1.04 bits per heavy atom. The first-order chi connectivity index (χ1) is 44.5. The van der Waals surface area contributed by atoms with E-state index in [1.807, 2.05) is 109 Å². The molecule has 0 bridgehead atoms. The maximum atomic E-state index is 9.32. The first-order valence-electron chi connectivity index (χ1n) is 29.9. The average Bonchev–Trinajstić information content (AvgIpc) is 2.10. The smallest absolute Gasteiger partial charge is 0.537 e. The van der Waals surface area contributed by atoms with Crippen LogP contribution in [0.2, 0.25) is 0 Å². The fraction of sp³-hybridized carbons (Fsp3) is 0. The molecule has 0 aliphatic carbocycles. The molecule has 18 aromatic rings. The summed E-state index contributed by atoms with van der Waals surface area (Å²) in [5.41, 5.74) is 17.5. The first kappa shape index (κ1) is 54.3. The Kier molecular flexibility index (Phi) is 14.0. The summed E-state index contributed by atoms with van der Waals surface area (Å²) in [6.45, 7) is 0. The molecule has 0 aliphatic heterocycles. The lowest BCUT2D eigenvalue weighted by atomic mass is 9.85. The summed E-state index contributed by atoms with van der Waals surface area (Å²) in [7, 11) is 0.753. The van der Waals surface area contributed by atoms with Gasteiger partial charge in [-0.25, -0.2) is 0 Å². The van der Waals surface area contributed by atoms with Crippen LogP contribution < -0.4 is 4.65 Å². The standard InChI is InChI=1S/C41H25NO.C26H18BO2.C15H8BrNO/c1-2-10-26(11-3-1)27-18-20-28(21-19-27)39-30-12-4-6-14-32(30)40(33-15-7-5-13-31(33)39)29-22-23-38-35(24-29)36-25-42-37-17-9-8-16-34(37)41(36)43-38;28-27-29-26-23-12-6-4-10-21(23)25(22-11-5-7-13-24(22)26)20-16-14-19(15-17-20)18-8-2-1-3-9-18;16-9-5-6-14-11(7-9)12-8-17-13-4-2-1-3-10(13)15(12)18-14/h1-25H;1-17,28H;1-8H. The number of pyridine rings is 2. The molecule has 0 saturated heterocycles. The highest BCUT2D eigenvalue weighted by Crippen LogP contribution is 2.47. The Hall–Kier alpha value is -11.2. The van der Waals surface area contributed by atoms with Crippen LogP contribution in [0.15, 0.2) is 317 Å². The maximum absolute atomic E-state index is 9.32. The van der Waals surface area contributed by atoms with Gasteiger partial charge in [-0.05, 0) is 143 Å². The summed E-state index contributed by atoms with van der Waals surface area (Å²) in [5.74, 6) is 0.670. The van der Waals surface area contributed by atoms with Crippen molar-refractivity contribution in [3.05, 3.63) is 308 Å². The van der Waals surface area contributed by atoms with Crippen molar-refractivity contribution < 1.29 is 18.5 Å². The van der Waals surface area contributed by atoms with E-state index in [2.05, 4.69) is 215 Å². The van der Waals surface area contributed by atoms with Crippen LogP contribution in [0.25, 0.3) is 164 Å². The minimum Gasteiger partial charge on any atom is -0.537 e. The van der Waals surface area contributed by atoms with Crippen molar-refractivity contribution in [2.45, 2.75) is 0 Å². The summed E-state index contributed by atoms with van der Waals surface area (Å²) in [5, 5.41) is 24.8.